The molecule has 7 N–H and O–H groups in total. The summed E-state index contributed by atoms with van der Waals surface area (Å²) < 4.78 is 15.5. The molecule has 2 rings (SSSR count). The van der Waals surface area contributed by atoms with Crippen molar-refractivity contribution < 1.29 is 50.0 Å². The molecule has 0 radical (unpaired) electrons. The van der Waals surface area contributed by atoms with Gasteiger partial charge in [0.05, 0.1) is 12.7 Å². The lowest BCUT2D eigenvalue weighted by atomic mass is 9.97. The van der Waals surface area contributed by atoms with Crippen LogP contribution in [0.15, 0.2) is 0 Å². The van der Waals surface area contributed by atoms with Gasteiger partial charge in [-0.2, -0.15) is 0 Å². The van der Waals surface area contributed by atoms with Crippen LogP contribution in [0, 0.1) is 0 Å². The molecule has 2 heterocycles. The Morgan fingerprint density at radius 2 is 1.45 bits per heavy atom. The fraction of sp³-hybridized carbons (Fsp3) is 1.00. The van der Waals surface area contributed by atoms with Gasteiger partial charge in [-0.1, -0.05) is 0 Å². The summed E-state index contributed by atoms with van der Waals surface area (Å²) >= 11 is 0. The van der Waals surface area contributed by atoms with E-state index < -0.39 is 68.0 Å². The molecular weight excluding hydrogens is 304 g/mol. The van der Waals surface area contributed by atoms with E-state index in [0.717, 1.165) is 0 Å². The Kier molecular flexibility index (Phi) is 5.72. The van der Waals surface area contributed by atoms with Crippen LogP contribution in [0.3, 0.4) is 0 Å². The van der Waals surface area contributed by atoms with E-state index in [1.165, 1.54) is 6.92 Å². The van der Waals surface area contributed by atoms with Gasteiger partial charge in [0.2, 0.25) is 0 Å². The van der Waals surface area contributed by atoms with Gasteiger partial charge < -0.3 is 50.0 Å². The topological polar surface area (TPSA) is 169 Å². The molecule has 0 aromatic heterocycles. The van der Waals surface area contributed by atoms with Crippen LogP contribution in [-0.2, 0) is 14.2 Å². The minimum Gasteiger partial charge on any atom is -0.394 e. The standard InChI is InChI=1S/C12H22O10/c1-3-10(7(16)8(17)11(19)20-3)22-12-9(18)6(15)5(14)4(2-13)21-12/h3-19H,2H2,1H3/t3-,4-,5-,6-,7+,8-,9-,10-,11?,12+/m1/s1. The Labute approximate surface area is 126 Å². The Morgan fingerprint density at radius 3 is 2.05 bits per heavy atom. The smallest absolute Gasteiger partial charge is 0.187 e. The molecule has 0 aromatic carbocycles. The zero-order chi connectivity index (χ0) is 16.6. The first-order chi connectivity index (χ1) is 10.3. The predicted molar refractivity (Wildman–Crippen MR) is 67.2 cm³/mol. The summed E-state index contributed by atoms with van der Waals surface area (Å²) in [5, 5.41) is 67.2. The number of ether oxygens (including phenoxy) is 3. The molecule has 0 amide bonds. The Bertz CT molecular complexity index is 366. The van der Waals surface area contributed by atoms with Gasteiger partial charge in [-0.15, -0.1) is 0 Å². The van der Waals surface area contributed by atoms with Crippen molar-refractivity contribution in [3.63, 3.8) is 0 Å². The normalized spacial score (nSPS) is 53.5. The largest absolute Gasteiger partial charge is 0.394 e. The summed E-state index contributed by atoms with van der Waals surface area (Å²) in [4.78, 5) is 0. The van der Waals surface area contributed by atoms with Gasteiger partial charge in [0.25, 0.3) is 0 Å². The van der Waals surface area contributed by atoms with E-state index in [2.05, 4.69) is 0 Å². The third kappa shape index (κ3) is 3.26. The van der Waals surface area contributed by atoms with Crippen molar-refractivity contribution in [1.29, 1.82) is 0 Å². The van der Waals surface area contributed by atoms with Crippen molar-refractivity contribution >= 4 is 0 Å². The molecule has 10 atom stereocenters. The van der Waals surface area contributed by atoms with Gasteiger partial charge in [0.1, 0.15) is 42.7 Å². The van der Waals surface area contributed by atoms with Crippen LogP contribution >= 0.6 is 0 Å². The minimum atomic E-state index is -1.64. The predicted octanol–water partition coefficient (Wildman–Crippen LogP) is -4.37. The summed E-state index contributed by atoms with van der Waals surface area (Å²) in [7, 11) is 0. The molecule has 2 aliphatic rings. The molecule has 0 saturated carbocycles. The summed E-state index contributed by atoms with van der Waals surface area (Å²) in [5.41, 5.74) is 0. The van der Waals surface area contributed by atoms with Crippen LogP contribution in [-0.4, -0.2) is 104 Å². The third-order valence-corrected chi connectivity index (χ3v) is 3.94. The van der Waals surface area contributed by atoms with Crippen LogP contribution in [0.5, 0.6) is 0 Å². The van der Waals surface area contributed by atoms with Gasteiger partial charge in [-0.25, -0.2) is 0 Å². The van der Waals surface area contributed by atoms with E-state index in [0.29, 0.717) is 0 Å². The zero-order valence-electron chi connectivity index (χ0n) is 11.8. The van der Waals surface area contributed by atoms with E-state index in [-0.39, 0.29) is 0 Å². The molecule has 2 saturated heterocycles. The highest BCUT2D eigenvalue weighted by atomic mass is 16.7. The summed E-state index contributed by atoms with van der Waals surface area (Å²) in [6.07, 6.45) is -14.2. The van der Waals surface area contributed by atoms with Crippen molar-refractivity contribution in [1.82, 2.24) is 0 Å². The van der Waals surface area contributed by atoms with Crippen molar-refractivity contribution in [3.05, 3.63) is 0 Å². The molecule has 1 unspecified atom stereocenters. The second kappa shape index (κ2) is 7.01. The number of rotatable bonds is 3. The van der Waals surface area contributed by atoms with Crippen LogP contribution < -0.4 is 0 Å². The van der Waals surface area contributed by atoms with E-state index >= 15 is 0 Å². The van der Waals surface area contributed by atoms with Gasteiger partial charge in [0, 0.05) is 0 Å². The number of hydrogen-bond donors (Lipinski definition) is 7. The van der Waals surface area contributed by atoms with E-state index in [1.54, 1.807) is 0 Å². The van der Waals surface area contributed by atoms with Crippen LogP contribution in [0.1, 0.15) is 6.92 Å². The maximum Gasteiger partial charge on any atom is 0.187 e. The average molecular weight is 326 g/mol. The SMILES string of the molecule is C[C@H]1OC(O)[C@H](O)[C@H](O)[C@@H]1O[C@@H]1O[C@H](CO)[C@@H](O)[C@@H](O)[C@H]1O. The van der Waals surface area contributed by atoms with Crippen LogP contribution in [0.4, 0.5) is 0 Å². The molecule has 22 heavy (non-hydrogen) atoms. The van der Waals surface area contributed by atoms with Crippen molar-refractivity contribution in [3.8, 4) is 0 Å². The average Bonchev–Trinajstić information content (AvgIpc) is 2.49. The molecule has 2 aliphatic heterocycles. The van der Waals surface area contributed by atoms with Crippen LogP contribution in [0.2, 0.25) is 0 Å². The molecule has 10 nitrogen and oxygen atoms in total. The van der Waals surface area contributed by atoms with E-state index in [4.69, 9.17) is 19.3 Å². The fourth-order valence-electron chi connectivity index (χ4n) is 2.54. The molecule has 10 heteroatoms. The van der Waals surface area contributed by atoms with Gasteiger partial charge >= 0.3 is 0 Å². The summed E-state index contributed by atoms with van der Waals surface area (Å²) in [5.74, 6) is 0. The third-order valence-electron chi connectivity index (χ3n) is 3.94. The lowest BCUT2D eigenvalue weighted by Gasteiger charge is -2.44. The molecule has 0 bridgehead atoms. The first-order valence-corrected chi connectivity index (χ1v) is 6.93. The molecule has 0 aliphatic carbocycles. The molecule has 0 spiro atoms. The van der Waals surface area contributed by atoms with Crippen molar-refractivity contribution in [2.75, 3.05) is 6.61 Å². The fourth-order valence-corrected chi connectivity index (χ4v) is 2.54. The monoisotopic (exact) mass is 326 g/mol. The quantitative estimate of drug-likeness (QED) is 0.269. The Hall–Kier alpha value is -0.400. The zero-order valence-corrected chi connectivity index (χ0v) is 11.8. The highest BCUT2D eigenvalue weighted by molar-refractivity contribution is 4.92. The van der Waals surface area contributed by atoms with E-state index in [9.17, 15) is 30.6 Å². The van der Waals surface area contributed by atoms with Crippen LogP contribution in [0.25, 0.3) is 0 Å². The molecule has 130 valence electrons. The second-order valence-corrected chi connectivity index (χ2v) is 5.51. The van der Waals surface area contributed by atoms with Crippen molar-refractivity contribution in [2.45, 2.75) is 68.3 Å². The first kappa shape index (κ1) is 17.9. The van der Waals surface area contributed by atoms with E-state index in [1.807, 2.05) is 0 Å². The minimum absolute atomic E-state index is 0.620. The van der Waals surface area contributed by atoms with Gasteiger partial charge in [0.15, 0.2) is 12.6 Å². The maximum atomic E-state index is 9.92. The lowest BCUT2D eigenvalue weighted by molar-refractivity contribution is -0.351. The second-order valence-electron chi connectivity index (χ2n) is 5.51. The maximum absolute atomic E-state index is 9.92. The van der Waals surface area contributed by atoms with Gasteiger partial charge in [-0.05, 0) is 6.92 Å². The highest BCUT2D eigenvalue weighted by Crippen LogP contribution is 2.28. The van der Waals surface area contributed by atoms with Crippen molar-refractivity contribution in [2.24, 2.45) is 0 Å². The lowest BCUT2D eigenvalue weighted by Crippen LogP contribution is -2.63. The molecular formula is C12H22O10. The Morgan fingerprint density at radius 1 is 0.818 bits per heavy atom. The number of aliphatic hydroxyl groups is 7. The highest BCUT2D eigenvalue weighted by Gasteiger charge is 2.49. The molecule has 0 aromatic rings. The molecule has 2 fully saturated rings. The van der Waals surface area contributed by atoms with Gasteiger partial charge in [-0.3, -0.25) is 0 Å². The number of aliphatic hydroxyl groups excluding tert-OH is 7. The summed E-state index contributed by atoms with van der Waals surface area (Å²) in [6.45, 7) is 0.846. The Balaban J connectivity index is 2.08. The first-order valence-electron chi connectivity index (χ1n) is 6.93. The number of hydrogen-bond acceptors (Lipinski definition) is 10. The summed E-state index contributed by atoms with van der Waals surface area (Å²) in [6, 6.07) is 0.